The monoisotopic (exact) mass is 588 g/mol. The van der Waals surface area contributed by atoms with Gasteiger partial charge in [0.1, 0.15) is 17.0 Å². The molecule has 0 bridgehead atoms. The Kier molecular flexibility index (Phi) is 11.2. The van der Waals surface area contributed by atoms with Gasteiger partial charge in [-0.1, -0.05) is 36.4 Å². The maximum absolute atomic E-state index is 12.6. The van der Waals surface area contributed by atoms with E-state index in [1.165, 1.54) is 12.2 Å². The number of methoxy groups -OCH3 is 1. The van der Waals surface area contributed by atoms with E-state index in [1.54, 1.807) is 19.3 Å². The molecule has 2 aromatic carbocycles. The number of rotatable bonds is 11. The van der Waals surface area contributed by atoms with Crippen LogP contribution < -0.4 is 15.4 Å². The zero-order valence-corrected chi connectivity index (χ0v) is 26.4. The Hall–Kier alpha value is -3.42. The van der Waals surface area contributed by atoms with Crippen molar-refractivity contribution in [2.45, 2.75) is 71.0 Å². The minimum Gasteiger partial charge on any atom is -0.496 e. The molecule has 2 saturated heterocycles. The van der Waals surface area contributed by atoms with E-state index in [-0.39, 0.29) is 11.9 Å². The van der Waals surface area contributed by atoms with Crippen molar-refractivity contribution in [3.05, 3.63) is 76.9 Å². The number of benzene rings is 2. The molecule has 0 amide bonds. The average molecular weight is 589 g/mol. The normalized spacial score (nSPS) is 17.3. The predicted molar refractivity (Wildman–Crippen MR) is 172 cm³/mol. The van der Waals surface area contributed by atoms with Crippen molar-refractivity contribution in [2.75, 3.05) is 33.3 Å². The fourth-order valence-electron chi connectivity index (χ4n) is 6.10. The van der Waals surface area contributed by atoms with Gasteiger partial charge in [-0.05, 0) is 121 Å². The lowest BCUT2D eigenvalue weighted by Crippen LogP contribution is -2.42. The standard InChI is InChI=1S/C36H48N2O5/c1-35(2,30-16-20-37-21-17-30)42-33(39)14-11-26-6-8-27(9-7-26)24-28-10-12-29(32(25-28)41-5)13-15-34(40)43-36(3,4)31-18-22-38-23-19-31/h6-15,25,30-31,37-38H,16-24H2,1-5H3/b14-11+,15-13-. The second-order valence-corrected chi connectivity index (χ2v) is 12.8. The van der Waals surface area contributed by atoms with Crippen LogP contribution in [0.5, 0.6) is 5.75 Å². The van der Waals surface area contributed by atoms with E-state index in [4.69, 9.17) is 14.2 Å². The van der Waals surface area contributed by atoms with E-state index in [1.807, 2.05) is 58.0 Å². The largest absolute Gasteiger partial charge is 0.496 e. The van der Waals surface area contributed by atoms with E-state index >= 15 is 0 Å². The van der Waals surface area contributed by atoms with Crippen LogP contribution in [-0.4, -0.2) is 56.4 Å². The highest BCUT2D eigenvalue weighted by Crippen LogP contribution is 2.30. The van der Waals surface area contributed by atoms with Crippen LogP contribution in [0, 0.1) is 11.8 Å². The smallest absolute Gasteiger partial charge is 0.331 e. The molecule has 2 aliphatic heterocycles. The van der Waals surface area contributed by atoms with Crippen molar-refractivity contribution in [1.82, 2.24) is 10.6 Å². The van der Waals surface area contributed by atoms with Gasteiger partial charge in [0.2, 0.25) is 0 Å². The van der Waals surface area contributed by atoms with Crippen LogP contribution in [0.25, 0.3) is 12.2 Å². The van der Waals surface area contributed by atoms with Gasteiger partial charge < -0.3 is 24.8 Å². The summed E-state index contributed by atoms with van der Waals surface area (Å²) in [6, 6.07) is 14.1. The first-order chi connectivity index (χ1) is 20.6. The van der Waals surface area contributed by atoms with Crippen LogP contribution >= 0.6 is 0 Å². The topological polar surface area (TPSA) is 85.9 Å². The molecule has 0 unspecified atom stereocenters. The maximum Gasteiger partial charge on any atom is 0.331 e. The molecule has 7 nitrogen and oxygen atoms in total. The van der Waals surface area contributed by atoms with Gasteiger partial charge in [0.15, 0.2) is 0 Å². The Morgan fingerprint density at radius 3 is 1.74 bits per heavy atom. The molecule has 0 radical (unpaired) electrons. The highest BCUT2D eigenvalue weighted by Gasteiger charge is 2.34. The van der Waals surface area contributed by atoms with E-state index in [9.17, 15) is 9.59 Å². The Morgan fingerprint density at radius 1 is 0.744 bits per heavy atom. The molecule has 0 atom stereocenters. The molecule has 7 heteroatoms. The summed E-state index contributed by atoms with van der Waals surface area (Å²) >= 11 is 0. The fraction of sp³-hybridized carbons (Fsp3) is 0.500. The van der Waals surface area contributed by atoms with Gasteiger partial charge >= 0.3 is 11.9 Å². The summed E-state index contributed by atoms with van der Waals surface area (Å²) in [7, 11) is 1.63. The van der Waals surface area contributed by atoms with Crippen LogP contribution in [0.4, 0.5) is 0 Å². The minimum absolute atomic E-state index is 0.312. The third-order valence-electron chi connectivity index (χ3n) is 8.87. The number of carbonyl (C=O) groups is 2. The average Bonchev–Trinajstić information content (AvgIpc) is 3.00. The Labute approximate surface area is 257 Å². The highest BCUT2D eigenvalue weighted by molar-refractivity contribution is 5.88. The van der Waals surface area contributed by atoms with Gasteiger partial charge in [-0.25, -0.2) is 9.59 Å². The SMILES string of the molecule is COc1cc(Cc2ccc(/C=C/C(=O)OC(C)(C)C3CCNCC3)cc2)ccc1/C=C\C(=O)OC(C)(C)C1CCNCC1. The second-order valence-electron chi connectivity index (χ2n) is 12.8. The van der Waals surface area contributed by atoms with E-state index in [0.717, 1.165) is 80.5 Å². The number of carbonyl (C=O) groups excluding carboxylic acids is 2. The van der Waals surface area contributed by atoms with Gasteiger partial charge in [-0.2, -0.15) is 0 Å². The summed E-state index contributed by atoms with van der Waals surface area (Å²) in [5, 5.41) is 6.72. The molecule has 0 spiro atoms. The lowest BCUT2D eigenvalue weighted by Gasteiger charge is -2.36. The van der Waals surface area contributed by atoms with Crippen LogP contribution in [0.2, 0.25) is 0 Å². The molecule has 0 aromatic heterocycles. The first-order valence-electron chi connectivity index (χ1n) is 15.5. The Morgan fingerprint density at radius 2 is 1.23 bits per heavy atom. The molecule has 232 valence electrons. The summed E-state index contributed by atoms with van der Waals surface area (Å²) in [6.45, 7) is 11.9. The van der Waals surface area contributed by atoms with Crippen molar-refractivity contribution >= 4 is 24.1 Å². The third-order valence-corrected chi connectivity index (χ3v) is 8.87. The van der Waals surface area contributed by atoms with E-state index < -0.39 is 11.2 Å². The molecular formula is C36H48N2O5. The lowest BCUT2D eigenvalue weighted by molar-refractivity contribution is -0.157. The van der Waals surface area contributed by atoms with Crippen LogP contribution in [0.1, 0.15) is 75.6 Å². The van der Waals surface area contributed by atoms with E-state index in [2.05, 4.69) is 22.8 Å². The van der Waals surface area contributed by atoms with Crippen molar-refractivity contribution in [2.24, 2.45) is 11.8 Å². The van der Waals surface area contributed by atoms with Gasteiger partial charge in [-0.15, -0.1) is 0 Å². The summed E-state index contributed by atoms with van der Waals surface area (Å²) < 4.78 is 17.3. The van der Waals surface area contributed by atoms with Crippen molar-refractivity contribution in [3.63, 3.8) is 0 Å². The maximum atomic E-state index is 12.6. The number of hydrogen-bond donors (Lipinski definition) is 2. The van der Waals surface area contributed by atoms with Crippen molar-refractivity contribution < 1.29 is 23.8 Å². The molecule has 2 heterocycles. The third kappa shape index (κ3) is 9.54. The molecule has 4 rings (SSSR count). The zero-order chi connectivity index (χ0) is 30.9. The first-order valence-corrected chi connectivity index (χ1v) is 15.5. The Bertz CT molecular complexity index is 1280. The molecular weight excluding hydrogens is 540 g/mol. The van der Waals surface area contributed by atoms with Gasteiger partial charge in [0.25, 0.3) is 0 Å². The minimum atomic E-state index is -0.504. The molecule has 2 fully saturated rings. The number of piperidine rings is 2. The highest BCUT2D eigenvalue weighted by atomic mass is 16.6. The number of nitrogens with one attached hydrogen (secondary N) is 2. The summed E-state index contributed by atoms with van der Waals surface area (Å²) in [6.07, 6.45) is 11.3. The summed E-state index contributed by atoms with van der Waals surface area (Å²) in [5.41, 5.74) is 3.01. The van der Waals surface area contributed by atoms with Crippen molar-refractivity contribution in [3.8, 4) is 5.75 Å². The first kappa shape index (κ1) is 32.5. The second kappa shape index (κ2) is 14.8. The quantitative estimate of drug-likeness (QED) is 0.248. The number of esters is 2. The molecule has 0 saturated carbocycles. The predicted octanol–water partition coefficient (Wildman–Crippen LogP) is 5.96. The molecule has 2 aliphatic rings. The van der Waals surface area contributed by atoms with Crippen molar-refractivity contribution in [1.29, 1.82) is 0 Å². The number of hydrogen-bond acceptors (Lipinski definition) is 7. The van der Waals surface area contributed by atoms with Crippen LogP contribution in [0.3, 0.4) is 0 Å². The fourth-order valence-corrected chi connectivity index (χ4v) is 6.10. The van der Waals surface area contributed by atoms with Gasteiger partial charge in [0, 0.05) is 29.6 Å². The number of ether oxygens (including phenoxy) is 3. The van der Waals surface area contributed by atoms with Crippen LogP contribution in [-0.2, 0) is 25.5 Å². The lowest BCUT2D eigenvalue weighted by atomic mass is 9.83. The Balaban J connectivity index is 1.31. The van der Waals surface area contributed by atoms with Gasteiger partial charge in [0.05, 0.1) is 7.11 Å². The zero-order valence-electron chi connectivity index (χ0n) is 26.4. The van der Waals surface area contributed by atoms with Crippen LogP contribution in [0.15, 0.2) is 54.6 Å². The summed E-state index contributed by atoms with van der Waals surface area (Å²) in [5.74, 6) is 0.759. The summed E-state index contributed by atoms with van der Waals surface area (Å²) in [4.78, 5) is 25.1. The molecule has 2 aromatic rings. The molecule has 0 aliphatic carbocycles. The molecule has 2 N–H and O–H groups in total. The molecule has 43 heavy (non-hydrogen) atoms. The van der Waals surface area contributed by atoms with Gasteiger partial charge in [-0.3, -0.25) is 0 Å². The van der Waals surface area contributed by atoms with E-state index in [0.29, 0.717) is 17.6 Å².